The summed E-state index contributed by atoms with van der Waals surface area (Å²) < 4.78 is 5.27. The second kappa shape index (κ2) is 9.24. The highest BCUT2D eigenvalue weighted by molar-refractivity contribution is 7.14. The first-order valence-electron chi connectivity index (χ1n) is 11.5. The molecular weight excluding hydrogens is 466 g/mol. The first-order chi connectivity index (χ1) is 17.7. The standard InChI is InChI=1S/C30H21N3O2S/c1-35-23-14-12-20(13-15-23)27-17-25(24-8-4-5-9-26(24)31-27)29(34)33-30-32-28(18-36-30)22-11-10-19-6-2-3-7-21(19)16-22/h2-18H,1H3,(H,32,33,34). The molecule has 0 aliphatic heterocycles. The van der Waals surface area contributed by atoms with E-state index in [2.05, 4.69) is 40.6 Å². The minimum absolute atomic E-state index is 0.220. The van der Waals surface area contributed by atoms with Crippen molar-refractivity contribution < 1.29 is 9.53 Å². The van der Waals surface area contributed by atoms with Gasteiger partial charge in [-0.1, -0.05) is 54.6 Å². The minimum atomic E-state index is -0.220. The van der Waals surface area contributed by atoms with Crippen LogP contribution in [0, 0.1) is 0 Å². The third kappa shape index (κ3) is 4.19. The van der Waals surface area contributed by atoms with Gasteiger partial charge in [0.05, 0.1) is 29.6 Å². The van der Waals surface area contributed by atoms with Crippen LogP contribution in [0.1, 0.15) is 10.4 Å². The highest BCUT2D eigenvalue weighted by Gasteiger charge is 2.16. The molecular formula is C30H21N3O2S. The summed E-state index contributed by atoms with van der Waals surface area (Å²) in [5.41, 5.74) is 4.78. The zero-order valence-corrected chi connectivity index (χ0v) is 20.3. The number of aromatic nitrogens is 2. The summed E-state index contributed by atoms with van der Waals surface area (Å²) >= 11 is 1.41. The average molecular weight is 488 g/mol. The molecule has 6 heteroatoms. The lowest BCUT2D eigenvalue weighted by atomic mass is 10.0. The summed E-state index contributed by atoms with van der Waals surface area (Å²) in [6, 6.07) is 31.6. The van der Waals surface area contributed by atoms with E-state index >= 15 is 0 Å². The number of amides is 1. The van der Waals surface area contributed by atoms with E-state index in [0.29, 0.717) is 10.7 Å². The second-order valence-electron chi connectivity index (χ2n) is 8.35. The zero-order chi connectivity index (χ0) is 24.5. The van der Waals surface area contributed by atoms with Crippen molar-refractivity contribution in [3.8, 4) is 28.3 Å². The maximum absolute atomic E-state index is 13.4. The van der Waals surface area contributed by atoms with E-state index in [1.165, 1.54) is 16.7 Å². The number of pyridine rings is 1. The molecule has 2 heterocycles. The van der Waals surface area contributed by atoms with Crippen molar-refractivity contribution in [2.45, 2.75) is 0 Å². The van der Waals surface area contributed by atoms with Crippen molar-refractivity contribution in [1.82, 2.24) is 9.97 Å². The molecule has 6 rings (SSSR count). The molecule has 0 atom stereocenters. The van der Waals surface area contributed by atoms with Gasteiger partial charge in [-0.05, 0) is 53.2 Å². The van der Waals surface area contributed by atoms with E-state index in [1.807, 2.05) is 72.1 Å². The number of fused-ring (bicyclic) bond motifs is 2. The van der Waals surface area contributed by atoms with Crippen LogP contribution in [0.4, 0.5) is 5.13 Å². The Kier molecular flexibility index (Phi) is 5.64. The molecule has 0 saturated heterocycles. The predicted octanol–water partition coefficient (Wildman–Crippen LogP) is 7.44. The Morgan fingerprint density at radius 1 is 0.778 bits per heavy atom. The lowest BCUT2D eigenvalue weighted by Gasteiger charge is -2.10. The Morgan fingerprint density at radius 2 is 1.53 bits per heavy atom. The van der Waals surface area contributed by atoms with Gasteiger partial charge in [0, 0.05) is 21.9 Å². The highest BCUT2D eigenvalue weighted by atomic mass is 32.1. The van der Waals surface area contributed by atoms with Crippen LogP contribution in [-0.2, 0) is 0 Å². The summed E-state index contributed by atoms with van der Waals surface area (Å²) in [5, 5.41) is 8.64. The van der Waals surface area contributed by atoms with Crippen LogP contribution >= 0.6 is 11.3 Å². The van der Waals surface area contributed by atoms with E-state index in [1.54, 1.807) is 7.11 Å². The maximum Gasteiger partial charge on any atom is 0.258 e. The molecule has 1 N–H and O–H groups in total. The van der Waals surface area contributed by atoms with Crippen LogP contribution in [-0.4, -0.2) is 23.0 Å². The number of hydrogen-bond acceptors (Lipinski definition) is 5. The number of para-hydroxylation sites is 1. The lowest BCUT2D eigenvalue weighted by Crippen LogP contribution is -2.13. The van der Waals surface area contributed by atoms with Crippen molar-refractivity contribution in [2.24, 2.45) is 0 Å². The molecule has 0 fully saturated rings. The van der Waals surface area contributed by atoms with Gasteiger partial charge in [0.15, 0.2) is 5.13 Å². The second-order valence-corrected chi connectivity index (χ2v) is 9.21. The summed E-state index contributed by atoms with van der Waals surface area (Å²) in [7, 11) is 1.63. The van der Waals surface area contributed by atoms with Crippen LogP contribution in [0.2, 0.25) is 0 Å². The average Bonchev–Trinajstić information content (AvgIpc) is 3.40. The van der Waals surface area contributed by atoms with Gasteiger partial charge < -0.3 is 4.74 Å². The Bertz CT molecular complexity index is 1720. The monoisotopic (exact) mass is 487 g/mol. The van der Waals surface area contributed by atoms with Gasteiger partial charge in [-0.3, -0.25) is 10.1 Å². The van der Waals surface area contributed by atoms with Crippen LogP contribution < -0.4 is 10.1 Å². The van der Waals surface area contributed by atoms with Crippen LogP contribution in [0.25, 0.3) is 44.2 Å². The number of anilines is 1. The number of carbonyl (C=O) groups excluding carboxylic acids is 1. The normalized spacial score (nSPS) is 11.0. The molecule has 0 aliphatic rings. The third-order valence-electron chi connectivity index (χ3n) is 6.12. The Balaban J connectivity index is 1.32. The Morgan fingerprint density at radius 3 is 2.36 bits per heavy atom. The molecule has 0 spiro atoms. The summed E-state index contributed by atoms with van der Waals surface area (Å²) in [5.74, 6) is 0.547. The number of methoxy groups -OCH3 is 1. The summed E-state index contributed by atoms with van der Waals surface area (Å²) in [6.45, 7) is 0. The molecule has 36 heavy (non-hydrogen) atoms. The molecule has 0 saturated carbocycles. The van der Waals surface area contributed by atoms with Gasteiger partial charge in [0.2, 0.25) is 0 Å². The molecule has 2 aromatic heterocycles. The van der Waals surface area contributed by atoms with Crippen LogP contribution in [0.3, 0.4) is 0 Å². The predicted molar refractivity (Wildman–Crippen MR) is 147 cm³/mol. The van der Waals surface area contributed by atoms with Gasteiger partial charge >= 0.3 is 0 Å². The number of nitrogens with one attached hydrogen (secondary N) is 1. The van der Waals surface area contributed by atoms with E-state index in [4.69, 9.17) is 9.72 Å². The van der Waals surface area contributed by atoms with Crippen molar-refractivity contribution in [2.75, 3.05) is 12.4 Å². The SMILES string of the molecule is COc1ccc(-c2cc(C(=O)Nc3nc(-c4ccc5ccccc5c4)cs3)c3ccccc3n2)cc1. The maximum atomic E-state index is 13.4. The van der Waals surface area contributed by atoms with Gasteiger partial charge in [0.25, 0.3) is 5.91 Å². The zero-order valence-electron chi connectivity index (χ0n) is 19.4. The fraction of sp³-hybridized carbons (Fsp3) is 0.0333. The molecule has 174 valence electrons. The van der Waals surface area contributed by atoms with Crippen LogP contribution in [0.5, 0.6) is 5.75 Å². The molecule has 0 aliphatic carbocycles. The number of rotatable bonds is 5. The topological polar surface area (TPSA) is 64.1 Å². The smallest absolute Gasteiger partial charge is 0.258 e. The number of thiazole rings is 1. The Labute approximate surface area is 212 Å². The number of carbonyl (C=O) groups is 1. The molecule has 4 aromatic carbocycles. The van der Waals surface area contributed by atoms with Crippen LogP contribution in [0.15, 0.2) is 102 Å². The molecule has 5 nitrogen and oxygen atoms in total. The number of hydrogen-bond donors (Lipinski definition) is 1. The third-order valence-corrected chi connectivity index (χ3v) is 6.87. The number of ether oxygens (including phenoxy) is 1. The van der Waals surface area contributed by atoms with Gasteiger partial charge in [0.1, 0.15) is 5.75 Å². The Hall–Kier alpha value is -4.55. The van der Waals surface area contributed by atoms with E-state index in [-0.39, 0.29) is 5.91 Å². The van der Waals surface area contributed by atoms with Gasteiger partial charge in [-0.25, -0.2) is 9.97 Å². The lowest BCUT2D eigenvalue weighted by molar-refractivity contribution is 0.102. The first-order valence-corrected chi connectivity index (χ1v) is 12.4. The quantitative estimate of drug-likeness (QED) is 0.274. The van der Waals surface area contributed by atoms with Gasteiger partial charge in [-0.15, -0.1) is 11.3 Å². The summed E-state index contributed by atoms with van der Waals surface area (Å²) in [4.78, 5) is 22.9. The van der Waals surface area contributed by atoms with E-state index < -0.39 is 0 Å². The van der Waals surface area contributed by atoms with Crippen molar-refractivity contribution in [1.29, 1.82) is 0 Å². The molecule has 6 aromatic rings. The summed E-state index contributed by atoms with van der Waals surface area (Å²) in [6.07, 6.45) is 0. The van der Waals surface area contributed by atoms with Gasteiger partial charge in [-0.2, -0.15) is 0 Å². The van der Waals surface area contributed by atoms with Crippen molar-refractivity contribution in [3.63, 3.8) is 0 Å². The van der Waals surface area contributed by atoms with E-state index in [0.717, 1.165) is 44.6 Å². The minimum Gasteiger partial charge on any atom is -0.497 e. The fourth-order valence-electron chi connectivity index (χ4n) is 4.25. The first kappa shape index (κ1) is 21.9. The molecule has 1 amide bonds. The highest BCUT2D eigenvalue weighted by Crippen LogP contribution is 2.30. The molecule has 0 radical (unpaired) electrons. The van der Waals surface area contributed by atoms with Crippen molar-refractivity contribution in [3.05, 3.63) is 108 Å². The van der Waals surface area contributed by atoms with E-state index in [9.17, 15) is 4.79 Å². The fourth-order valence-corrected chi connectivity index (χ4v) is 4.96. The largest absolute Gasteiger partial charge is 0.497 e. The number of nitrogens with zero attached hydrogens (tertiary/aromatic N) is 2. The van der Waals surface area contributed by atoms with Crippen molar-refractivity contribution >= 4 is 44.1 Å². The molecule has 0 bridgehead atoms. The molecule has 0 unspecified atom stereocenters. The number of benzene rings is 4.